The van der Waals surface area contributed by atoms with Crippen molar-refractivity contribution in [1.82, 2.24) is 9.80 Å². The van der Waals surface area contributed by atoms with Gasteiger partial charge in [-0.05, 0) is 56.3 Å². The van der Waals surface area contributed by atoms with Gasteiger partial charge in [-0.15, -0.1) is 0 Å². The Balaban J connectivity index is 1.80. The van der Waals surface area contributed by atoms with Crippen LogP contribution in [0.25, 0.3) is 0 Å². The van der Waals surface area contributed by atoms with Crippen molar-refractivity contribution < 1.29 is 35.9 Å². The predicted molar refractivity (Wildman–Crippen MR) is 119 cm³/mol. The fourth-order valence-electron chi connectivity index (χ4n) is 4.53. The van der Waals surface area contributed by atoms with Crippen LogP contribution in [0, 0.1) is 0 Å². The van der Waals surface area contributed by atoms with Gasteiger partial charge in [0, 0.05) is 18.5 Å². The summed E-state index contributed by atoms with van der Waals surface area (Å²) in [6, 6.07) is 11.0. The van der Waals surface area contributed by atoms with Crippen LogP contribution in [0.4, 0.5) is 26.3 Å². The van der Waals surface area contributed by atoms with Crippen molar-refractivity contribution in [3.63, 3.8) is 0 Å². The van der Waals surface area contributed by atoms with Crippen LogP contribution < -0.4 is 0 Å². The molecule has 1 heterocycles. The number of rotatable bonds is 8. The largest absolute Gasteiger partial charge is 0.416 e. The summed E-state index contributed by atoms with van der Waals surface area (Å²) in [6.45, 7) is 0.902. The van der Waals surface area contributed by atoms with Crippen LogP contribution in [-0.2, 0) is 33.9 Å². The molecule has 3 rings (SSSR count). The van der Waals surface area contributed by atoms with Gasteiger partial charge in [0.15, 0.2) is 6.29 Å². The maximum absolute atomic E-state index is 13.2. The lowest BCUT2D eigenvalue weighted by Crippen LogP contribution is -2.53. The van der Waals surface area contributed by atoms with Gasteiger partial charge in [0.1, 0.15) is 6.17 Å². The highest BCUT2D eigenvalue weighted by molar-refractivity contribution is 5.56. The molecule has 1 atom stereocenters. The minimum absolute atomic E-state index is 0.110. The number of hydrogen-bond acceptors (Lipinski definition) is 4. The van der Waals surface area contributed by atoms with Gasteiger partial charge in [-0.1, -0.05) is 30.3 Å². The first kappa shape index (κ1) is 27.2. The Labute approximate surface area is 200 Å². The third-order valence-electron chi connectivity index (χ3n) is 6.46. The van der Waals surface area contributed by atoms with E-state index in [2.05, 4.69) is 0 Å². The van der Waals surface area contributed by atoms with Crippen molar-refractivity contribution in [1.29, 1.82) is 0 Å². The molecule has 192 valence electrons. The standard InChI is InChI=1S/C25H28F6N2O2/c1-32(2)22(15-34)33-10-8-23(9-11-33,19-6-4-3-5-7-19)17-35-16-18-12-20(24(26,27)28)14-21(13-18)25(29,30)31/h3-7,12-15,22H,8-11,16-17H2,1-2H3. The predicted octanol–water partition coefficient (Wildman–Crippen LogP) is 5.36. The first-order valence-electron chi connectivity index (χ1n) is 11.1. The van der Waals surface area contributed by atoms with E-state index in [9.17, 15) is 31.1 Å². The molecule has 1 unspecified atom stereocenters. The number of ether oxygens (including phenoxy) is 1. The summed E-state index contributed by atoms with van der Waals surface area (Å²) in [7, 11) is 3.62. The summed E-state index contributed by atoms with van der Waals surface area (Å²) < 4.78 is 84.9. The van der Waals surface area contributed by atoms with E-state index in [4.69, 9.17) is 4.74 Å². The molecule has 10 heteroatoms. The van der Waals surface area contributed by atoms with Crippen LogP contribution in [0.5, 0.6) is 0 Å². The summed E-state index contributed by atoms with van der Waals surface area (Å²) in [5.74, 6) is 0. The molecule has 0 saturated carbocycles. The summed E-state index contributed by atoms with van der Waals surface area (Å²) in [6.07, 6.45) is -8.09. The fraction of sp³-hybridized carbons (Fsp3) is 0.480. The number of aldehydes is 1. The van der Waals surface area contributed by atoms with Gasteiger partial charge in [-0.2, -0.15) is 26.3 Å². The topological polar surface area (TPSA) is 32.8 Å². The second-order valence-corrected chi connectivity index (χ2v) is 9.10. The van der Waals surface area contributed by atoms with Crippen LogP contribution in [0.15, 0.2) is 48.5 Å². The first-order chi connectivity index (χ1) is 16.4. The maximum atomic E-state index is 13.2. The molecule has 1 aliphatic rings. The van der Waals surface area contributed by atoms with Crippen LogP contribution in [0.1, 0.15) is 35.1 Å². The zero-order chi connectivity index (χ0) is 25.9. The van der Waals surface area contributed by atoms with Crippen molar-refractivity contribution in [2.24, 2.45) is 0 Å². The van der Waals surface area contributed by atoms with Crippen LogP contribution in [0.2, 0.25) is 0 Å². The van der Waals surface area contributed by atoms with Crippen molar-refractivity contribution in [3.05, 3.63) is 70.8 Å². The second-order valence-electron chi connectivity index (χ2n) is 9.10. The van der Waals surface area contributed by atoms with Gasteiger partial charge < -0.3 is 9.53 Å². The summed E-state index contributed by atoms with van der Waals surface area (Å²) >= 11 is 0. The lowest BCUT2D eigenvalue weighted by molar-refractivity contribution is -0.143. The van der Waals surface area contributed by atoms with E-state index < -0.39 is 28.9 Å². The quantitative estimate of drug-likeness (QED) is 0.360. The number of carbonyl (C=O) groups excluding carboxylic acids is 1. The highest BCUT2D eigenvalue weighted by Crippen LogP contribution is 2.38. The number of halogens is 6. The molecule has 0 aromatic heterocycles. The molecule has 0 amide bonds. The highest BCUT2D eigenvalue weighted by atomic mass is 19.4. The van der Waals surface area contributed by atoms with Gasteiger partial charge >= 0.3 is 12.4 Å². The summed E-state index contributed by atoms with van der Waals surface area (Å²) in [5, 5.41) is 0. The number of likely N-dealkylation sites (N-methyl/N-ethyl adjacent to an activating group) is 1. The minimum atomic E-state index is -4.91. The Morgan fingerprint density at radius 2 is 1.51 bits per heavy atom. The molecular weight excluding hydrogens is 474 g/mol. The van der Waals surface area contributed by atoms with Crippen molar-refractivity contribution in [2.45, 2.75) is 43.4 Å². The van der Waals surface area contributed by atoms with Gasteiger partial charge in [-0.3, -0.25) is 9.80 Å². The molecule has 0 bridgehead atoms. The molecule has 0 radical (unpaired) electrons. The van der Waals surface area contributed by atoms with Crippen molar-refractivity contribution in [3.8, 4) is 0 Å². The van der Waals surface area contributed by atoms with E-state index in [0.29, 0.717) is 38.1 Å². The fourth-order valence-corrected chi connectivity index (χ4v) is 4.53. The molecule has 2 aromatic rings. The smallest absolute Gasteiger partial charge is 0.376 e. The van der Waals surface area contributed by atoms with Gasteiger partial charge in [0.05, 0.1) is 24.3 Å². The lowest BCUT2D eigenvalue weighted by Gasteiger charge is -2.44. The number of carbonyl (C=O) groups is 1. The van der Waals surface area contributed by atoms with Crippen LogP contribution in [-0.4, -0.2) is 56.0 Å². The third-order valence-corrected chi connectivity index (χ3v) is 6.46. The van der Waals surface area contributed by atoms with E-state index in [1.165, 1.54) is 0 Å². The van der Waals surface area contributed by atoms with E-state index in [-0.39, 0.29) is 31.0 Å². The Morgan fingerprint density at radius 1 is 0.971 bits per heavy atom. The van der Waals surface area contributed by atoms with E-state index in [0.717, 1.165) is 11.8 Å². The maximum Gasteiger partial charge on any atom is 0.416 e. The number of benzene rings is 2. The van der Waals surface area contributed by atoms with E-state index in [1.54, 1.807) is 0 Å². The number of piperidine rings is 1. The highest BCUT2D eigenvalue weighted by Gasteiger charge is 2.39. The summed E-state index contributed by atoms with van der Waals surface area (Å²) in [5.41, 5.74) is -2.42. The Morgan fingerprint density at radius 3 is 1.97 bits per heavy atom. The molecule has 0 aliphatic carbocycles. The average molecular weight is 502 g/mol. The Bertz CT molecular complexity index is 951. The molecule has 4 nitrogen and oxygen atoms in total. The summed E-state index contributed by atoms with van der Waals surface area (Å²) in [4.78, 5) is 15.4. The van der Waals surface area contributed by atoms with Gasteiger partial charge in [0.2, 0.25) is 0 Å². The zero-order valence-electron chi connectivity index (χ0n) is 19.5. The van der Waals surface area contributed by atoms with Gasteiger partial charge in [0.25, 0.3) is 0 Å². The van der Waals surface area contributed by atoms with Gasteiger partial charge in [-0.25, -0.2) is 0 Å². The molecule has 1 fully saturated rings. The van der Waals surface area contributed by atoms with E-state index >= 15 is 0 Å². The number of likely N-dealkylation sites (tertiary alicyclic amines) is 1. The second kappa shape index (κ2) is 10.7. The Kier molecular flexibility index (Phi) is 8.28. The molecule has 0 N–H and O–H groups in total. The zero-order valence-corrected chi connectivity index (χ0v) is 19.5. The van der Waals surface area contributed by atoms with Crippen LogP contribution >= 0.6 is 0 Å². The number of nitrogens with zero attached hydrogens (tertiary/aromatic N) is 2. The normalized spacial score (nSPS) is 18.0. The Hall–Kier alpha value is -2.43. The van der Waals surface area contributed by atoms with Crippen molar-refractivity contribution in [2.75, 3.05) is 33.8 Å². The molecular formula is C25H28F6N2O2. The first-order valence-corrected chi connectivity index (χ1v) is 11.1. The molecule has 35 heavy (non-hydrogen) atoms. The minimum Gasteiger partial charge on any atom is -0.376 e. The average Bonchev–Trinajstić information content (AvgIpc) is 2.80. The molecule has 1 saturated heterocycles. The molecule has 0 spiro atoms. The van der Waals surface area contributed by atoms with Crippen molar-refractivity contribution >= 4 is 6.29 Å². The number of hydrogen-bond donors (Lipinski definition) is 0. The molecule has 2 aromatic carbocycles. The number of alkyl halides is 6. The monoisotopic (exact) mass is 502 g/mol. The van der Waals surface area contributed by atoms with Crippen LogP contribution in [0.3, 0.4) is 0 Å². The molecule has 1 aliphatic heterocycles. The third kappa shape index (κ3) is 6.62. The lowest BCUT2D eigenvalue weighted by atomic mass is 9.73. The SMILES string of the molecule is CN(C)C(C=O)N1CCC(COCc2cc(C(F)(F)F)cc(C(F)(F)F)c2)(c2ccccc2)CC1. The van der Waals surface area contributed by atoms with E-state index in [1.807, 2.05) is 54.2 Å².